The van der Waals surface area contributed by atoms with Gasteiger partial charge in [0.2, 0.25) is 0 Å². The highest BCUT2D eigenvalue weighted by Gasteiger charge is 2.30. The van der Waals surface area contributed by atoms with E-state index in [4.69, 9.17) is 4.42 Å². The fraction of sp³-hybridized carbons (Fsp3) is 0.188. The minimum absolute atomic E-state index is 0. The monoisotopic (exact) mass is 340 g/mol. The van der Waals surface area contributed by atoms with Crippen LogP contribution in [0, 0.1) is 13.8 Å². The van der Waals surface area contributed by atoms with Gasteiger partial charge in [0.15, 0.2) is 11.5 Å². The van der Waals surface area contributed by atoms with E-state index in [1.165, 1.54) is 23.9 Å². The molecule has 3 nitrogen and oxygen atoms in total. The van der Waals surface area contributed by atoms with E-state index >= 15 is 0 Å². The molecule has 0 fully saturated rings. The summed E-state index contributed by atoms with van der Waals surface area (Å²) >= 11 is 1.37. The van der Waals surface area contributed by atoms with Crippen molar-refractivity contribution in [3.63, 3.8) is 0 Å². The number of halogens is 3. The zero-order valence-corrected chi connectivity index (χ0v) is 13.4. The molecule has 3 aromatic rings. The summed E-state index contributed by atoms with van der Waals surface area (Å²) in [7, 11) is 0. The number of nitrogens with zero attached hydrogens (tertiary/aromatic N) is 1. The minimum Gasteiger partial charge on any atom is -0.441 e. The lowest BCUT2D eigenvalue weighted by atomic mass is 10.2. The summed E-state index contributed by atoms with van der Waals surface area (Å²) in [6.07, 6.45) is -4.32. The summed E-state index contributed by atoms with van der Waals surface area (Å²) in [4.78, 5) is 5.94. The largest absolute Gasteiger partial charge is 0.441 e. The number of hydrogen-bond acceptors (Lipinski definition) is 4. The summed E-state index contributed by atoms with van der Waals surface area (Å²) in [5.41, 5.74) is 1.78. The molecule has 0 spiro atoms. The second-order valence-electron chi connectivity index (χ2n) is 4.92. The Bertz CT molecular complexity index is 826. The number of aromatic nitrogens is 1. The highest BCUT2D eigenvalue weighted by Crippen LogP contribution is 2.36. The molecule has 1 aromatic heterocycles. The van der Waals surface area contributed by atoms with E-state index < -0.39 is 11.7 Å². The Balaban J connectivity index is 0.00000192. The molecule has 0 aliphatic rings. The van der Waals surface area contributed by atoms with Crippen molar-refractivity contribution in [2.45, 2.75) is 29.8 Å². The van der Waals surface area contributed by atoms with Crippen LogP contribution in [0.5, 0.6) is 0 Å². The molecule has 0 saturated carbocycles. The van der Waals surface area contributed by atoms with Crippen LogP contribution < -0.4 is 6.15 Å². The molecule has 0 aliphatic carbocycles. The SMILES string of the molecule is Cc1nc2c(Sc3ccc(C(F)(F)F)cc3)ccc(C)c2o1.N. The lowest BCUT2D eigenvalue weighted by Crippen LogP contribution is -2.03. The van der Waals surface area contributed by atoms with Gasteiger partial charge < -0.3 is 10.6 Å². The molecule has 3 rings (SSSR count). The third-order valence-corrected chi connectivity index (χ3v) is 4.28. The summed E-state index contributed by atoms with van der Waals surface area (Å²) in [6, 6.07) is 8.92. The van der Waals surface area contributed by atoms with Crippen molar-refractivity contribution in [1.29, 1.82) is 0 Å². The van der Waals surface area contributed by atoms with Gasteiger partial charge in [0.05, 0.1) is 5.56 Å². The van der Waals surface area contributed by atoms with Gasteiger partial charge in [0, 0.05) is 16.7 Å². The molecule has 0 unspecified atom stereocenters. The van der Waals surface area contributed by atoms with E-state index in [9.17, 15) is 13.2 Å². The highest BCUT2D eigenvalue weighted by molar-refractivity contribution is 7.99. The molecule has 23 heavy (non-hydrogen) atoms. The van der Waals surface area contributed by atoms with Crippen molar-refractivity contribution >= 4 is 22.9 Å². The molecule has 0 atom stereocenters. The maximum Gasteiger partial charge on any atom is 0.416 e. The first-order valence-corrected chi connectivity index (χ1v) is 7.38. The van der Waals surface area contributed by atoms with Crippen molar-refractivity contribution in [2.24, 2.45) is 0 Å². The first kappa shape index (κ1) is 17.4. The van der Waals surface area contributed by atoms with Gasteiger partial charge in [-0.1, -0.05) is 17.8 Å². The smallest absolute Gasteiger partial charge is 0.416 e. The van der Waals surface area contributed by atoms with Crippen LogP contribution in [0.25, 0.3) is 11.1 Å². The van der Waals surface area contributed by atoms with Crippen molar-refractivity contribution in [3.05, 3.63) is 53.4 Å². The van der Waals surface area contributed by atoms with Crippen LogP contribution in [0.1, 0.15) is 17.0 Å². The summed E-state index contributed by atoms with van der Waals surface area (Å²) in [5.74, 6) is 0.568. The molecular formula is C16H15F3N2OS. The summed E-state index contributed by atoms with van der Waals surface area (Å²) in [6.45, 7) is 3.70. The van der Waals surface area contributed by atoms with Crippen LogP contribution in [0.3, 0.4) is 0 Å². The Morgan fingerprint density at radius 2 is 1.65 bits per heavy atom. The molecule has 0 aliphatic heterocycles. The summed E-state index contributed by atoms with van der Waals surface area (Å²) < 4.78 is 43.3. The molecule has 2 aromatic carbocycles. The highest BCUT2D eigenvalue weighted by atomic mass is 32.2. The fourth-order valence-corrected chi connectivity index (χ4v) is 3.04. The van der Waals surface area contributed by atoms with Crippen molar-refractivity contribution in [1.82, 2.24) is 11.1 Å². The van der Waals surface area contributed by atoms with Crippen LogP contribution in [0.4, 0.5) is 13.2 Å². The molecule has 3 N–H and O–H groups in total. The van der Waals surface area contributed by atoms with Gasteiger partial charge in [0.1, 0.15) is 5.52 Å². The minimum atomic E-state index is -4.32. The number of benzene rings is 2. The molecule has 122 valence electrons. The second-order valence-corrected chi connectivity index (χ2v) is 6.03. The van der Waals surface area contributed by atoms with Gasteiger partial charge in [-0.25, -0.2) is 4.98 Å². The zero-order valence-electron chi connectivity index (χ0n) is 12.6. The van der Waals surface area contributed by atoms with Gasteiger partial charge in [0.25, 0.3) is 0 Å². The summed E-state index contributed by atoms with van der Waals surface area (Å²) in [5, 5.41) is 0. The molecule has 0 radical (unpaired) electrons. The predicted molar refractivity (Wildman–Crippen MR) is 84.1 cm³/mol. The maximum atomic E-state index is 12.6. The average molecular weight is 340 g/mol. The zero-order chi connectivity index (χ0) is 15.9. The van der Waals surface area contributed by atoms with Gasteiger partial charge in [-0.2, -0.15) is 13.2 Å². The normalized spacial score (nSPS) is 11.5. The van der Waals surface area contributed by atoms with E-state index in [0.717, 1.165) is 38.6 Å². The average Bonchev–Trinajstić information content (AvgIpc) is 2.84. The van der Waals surface area contributed by atoms with E-state index in [0.29, 0.717) is 5.89 Å². The fourth-order valence-electron chi connectivity index (χ4n) is 2.14. The van der Waals surface area contributed by atoms with Crippen molar-refractivity contribution < 1.29 is 17.6 Å². The number of alkyl halides is 3. The van der Waals surface area contributed by atoms with E-state index in [1.54, 1.807) is 6.92 Å². The van der Waals surface area contributed by atoms with Gasteiger partial charge in [-0.3, -0.25) is 0 Å². The third kappa shape index (κ3) is 3.51. The Hall–Kier alpha value is -1.99. The molecule has 1 heterocycles. The first-order chi connectivity index (χ1) is 10.3. The van der Waals surface area contributed by atoms with Gasteiger partial charge in [-0.05, 0) is 42.8 Å². The van der Waals surface area contributed by atoms with Gasteiger partial charge >= 0.3 is 6.18 Å². The van der Waals surface area contributed by atoms with E-state index in [-0.39, 0.29) is 6.15 Å². The second kappa shape index (κ2) is 6.25. The molecule has 0 saturated heterocycles. The first-order valence-electron chi connectivity index (χ1n) is 6.56. The van der Waals surface area contributed by atoms with E-state index in [1.807, 2.05) is 19.1 Å². The van der Waals surface area contributed by atoms with Crippen LogP contribution in [0.2, 0.25) is 0 Å². The third-order valence-electron chi connectivity index (χ3n) is 3.22. The van der Waals surface area contributed by atoms with Crippen LogP contribution in [0.15, 0.2) is 50.6 Å². The van der Waals surface area contributed by atoms with Gasteiger partial charge in [-0.15, -0.1) is 0 Å². The molecule has 0 amide bonds. The Morgan fingerprint density at radius 3 is 2.26 bits per heavy atom. The number of fused-ring (bicyclic) bond motifs is 1. The van der Waals surface area contributed by atoms with Crippen LogP contribution in [-0.4, -0.2) is 4.98 Å². The lowest BCUT2D eigenvalue weighted by Gasteiger charge is -2.08. The molecule has 0 bridgehead atoms. The quantitative estimate of drug-likeness (QED) is 0.642. The lowest BCUT2D eigenvalue weighted by molar-refractivity contribution is -0.137. The predicted octanol–water partition coefficient (Wildman–Crippen LogP) is 5.78. The Morgan fingerprint density at radius 1 is 1.00 bits per heavy atom. The standard InChI is InChI=1S/C16H12F3NOS.H3N/c1-9-3-8-13(14-15(9)21-10(2)20-14)22-12-6-4-11(5-7-12)16(17,18)19;/h3-8H,1-2H3;1H3. The van der Waals surface area contributed by atoms with E-state index in [2.05, 4.69) is 4.98 Å². The van der Waals surface area contributed by atoms with Crippen molar-refractivity contribution in [3.8, 4) is 0 Å². The van der Waals surface area contributed by atoms with Crippen LogP contribution >= 0.6 is 11.8 Å². The van der Waals surface area contributed by atoms with Crippen LogP contribution in [-0.2, 0) is 6.18 Å². The number of aryl methyl sites for hydroxylation is 2. The number of hydrogen-bond donors (Lipinski definition) is 1. The molecular weight excluding hydrogens is 325 g/mol. The Kier molecular flexibility index (Phi) is 4.72. The maximum absolute atomic E-state index is 12.6. The van der Waals surface area contributed by atoms with Crippen molar-refractivity contribution in [2.75, 3.05) is 0 Å². The Labute approximate surface area is 135 Å². The number of rotatable bonds is 2. The topological polar surface area (TPSA) is 61.0 Å². The number of oxazole rings is 1. The molecule has 7 heteroatoms.